The number of carbonyl (C=O) groups excluding carboxylic acids is 3. The van der Waals surface area contributed by atoms with E-state index in [4.69, 9.17) is 4.42 Å². The summed E-state index contributed by atoms with van der Waals surface area (Å²) in [4.78, 5) is 43.9. The van der Waals surface area contributed by atoms with E-state index in [1.807, 2.05) is 0 Å². The van der Waals surface area contributed by atoms with Crippen LogP contribution in [0.25, 0.3) is 11.1 Å². The molecule has 3 aliphatic rings. The van der Waals surface area contributed by atoms with Gasteiger partial charge in [-0.25, -0.2) is 9.78 Å². The minimum atomic E-state index is -0.863. The highest BCUT2D eigenvalue weighted by atomic mass is 16.3. The third kappa shape index (κ3) is 3.76. The summed E-state index contributed by atoms with van der Waals surface area (Å²) in [5.41, 5.74) is 1.25. The van der Waals surface area contributed by atoms with Crippen molar-refractivity contribution in [2.75, 3.05) is 11.9 Å². The predicted octanol–water partition coefficient (Wildman–Crippen LogP) is 4.17. The Morgan fingerprint density at radius 3 is 2.59 bits per heavy atom. The van der Waals surface area contributed by atoms with E-state index in [9.17, 15) is 14.4 Å². The number of urea groups is 1. The molecule has 0 atom stereocenters. The van der Waals surface area contributed by atoms with Crippen molar-refractivity contribution < 1.29 is 18.8 Å². The minimum absolute atomic E-state index is 0.178. The number of fused-ring (bicyclic) bond motifs is 1. The van der Waals surface area contributed by atoms with E-state index in [1.54, 1.807) is 18.2 Å². The Balaban J connectivity index is 1.23. The van der Waals surface area contributed by atoms with Crippen molar-refractivity contribution >= 4 is 34.6 Å². The first-order valence-electron chi connectivity index (χ1n) is 11.5. The van der Waals surface area contributed by atoms with Crippen LogP contribution in [0.15, 0.2) is 22.6 Å². The molecule has 170 valence electrons. The van der Waals surface area contributed by atoms with E-state index in [0.717, 1.165) is 36.5 Å². The van der Waals surface area contributed by atoms with Crippen molar-refractivity contribution in [1.82, 2.24) is 15.2 Å². The Bertz CT molecular complexity index is 1090. The van der Waals surface area contributed by atoms with Crippen LogP contribution in [0.1, 0.15) is 71.1 Å². The Kier molecular flexibility index (Phi) is 4.80. The second-order valence-corrected chi connectivity index (χ2v) is 10.6. The molecule has 2 heterocycles. The highest BCUT2D eigenvalue weighted by Crippen LogP contribution is 2.43. The van der Waals surface area contributed by atoms with Gasteiger partial charge in [0.25, 0.3) is 5.91 Å². The summed E-state index contributed by atoms with van der Waals surface area (Å²) < 4.78 is 5.75. The molecule has 2 aliphatic carbocycles. The van der Waals surface area contributed by atoms with Gasteiger partial charge in [-0.1, -0.05) is 20.8 Å². The fourth-order valence-corrected chi connectivity index (χ4v) is 5.01. The van der Waals surface area contributed by atoms with Crippen LogP contribution in [0.5, 0.6) is 0 Å². The number of carbonyl (C=O) groups is 3. The van der Waals surface area contributed by atoms with E-state index < -0.39 is 17.5 Å². The monoisotopic (exact) mass is 438 g/mol. The van der Waals surface area contributed by atoms with Gasteiger partial charge in [0.15, 0.2) is 11.5 Å². The zero-order valence-electron chi connectivity index (χ0n) is 18.9. The Labute approximate surface area is 187 Å². The Morgan fingerprint density at radius 2 is 1.94 bits per heavy atom. The number of hydrogen-bond acceptors (Lipinski definition) is 5. The number of benzene rings is 1. The van der Waals surface area contributed by atoms with Gasteiger partial charge in [0.2, 0.25) is 5.91 Å². The summed E-state index contributed by atoms with van der Waals surface area (Å²) in [6.07, 6.45) is 5.20. The van der Waals surface area contributed by atoms with Crippen LogP contribution in [0.3, 0.4) is 0 Å². The zero-order chi connectivity index (χ0) is 22.7. The Hall–Kier alpha value is -2.90. The molecule has 1 aromatic carbocycles. The van der Waals surface area contributed by atoms with E-state index >= 15 is 0 Å². The summed E-state index contributed by atoms with van der Waals surface area (Å²) in [6.45, 7) is 6.33. The third-order valence-corrected chi connectivity index (χ3v) is 7.23. The van der Waals surface area contributed by atoms with Gasteiger partial charge >= 0.3 is 6.03 Å². The lowest BCUT2D eigenvalue weighted by atomic mass is 9.67. The third-order valence-electron chi connectivity index (χ3n) is 7.23. The molecule has 3 fully saturated rings. The SMILES string of the molecule is CC(C)(C)C1CCC2(CC1)NC(=O)N(CC(=O)Nc1ccc3oc(C4CC4)nc3c1)C2=O. The van der Waals surface area contributed by atoms with Gasteiger partial charge in [0, 0.05) is 11.6 Å². The summed E-state index contributed by atoms with van der Waals surface area (Å²) in [5.74, 6) is 0.965. The van der Waals surface area contributed by atoms with Crippen molar-refractivity contribution in [3.05, 3.63) is 24.1 Å². The van der Waals surface area contributed by atoms with Crippen LogP contribution in [-0.4, -0.2) is 39.8 Å². The quantitative estimate of drug-likeness (QED) is 0.697. The molecule has 32 heavy (non-hydrogen) atoms. The van der Waals surface area contributed by atoms with Gasteiger partial charge in [-0.2, -0.15) is 0 Å². The van der Waals surface area contributed by atoms with Crippen LogP contribution in [-0.2, 0) is 9.59 Å². The molecule has 2 saturated carbocycles. The van der Waals surface area contributed by atoms with Crippen molar-refractivity contribution in [3.63, 3.8) is 0 Å². The zero-order valence-corrected chi connectivity index (χ0v) is 18.9. The lowest BCUT2D eigenvalue weighted by Crippen LogP contribution is -2.50. The average Bonchev–Trinajstić information content (AvgIpc) is 3.46. The maximum absolute atomic E-state index is 13.1. The van der Waals surface area contributed by atoms with E-state index in [2.05, 4.69) is 36.4 Å². The summed E-state index contributed by atoms with van der Waals surface area (Å²) in [7, 11) is 0. The summed E-state index contributed by atoms with van der Waals surface area (Å²) in [6, 6.07) is 4.79. The van der Waals surface area contributed by atoms with Crippen LogP contribution in [0.4, 0.5) is 10.5 Å². The van der Waals surface area contributed by atoms with Gasteiger partial charge < -0.3 is 15.1 Å². The van der Waals surface area contributed by atoms with Gasteiger partial charge in [-0.15, -0.1) is 0 Å². The lowest BCUT2D eigenvalue weighted by molar-refractivity contribution is -0.135. The molecule has 0 bridgehead atoms. The molecule has 1 spiro atoms. The molecule has 8 nitrogen and oxygen atoms in total. The van der Waals surface area contributed by atoms with Gasteiger partial charge in [-0.05, 0) is 68.1 Å². The molecule has 2 aromatic rings. The topological polar surface area (TPSA) is 105 Å². The fraction of sp³-hybridized carbons (Fsp3) is 0.583. The van der Waals surface area contributed by atoms with Crippen LogP contribution in [0, 0.1) is 11.3 Å². The minimum Gasteiger partial charge on any atom is -0.440 e. The molecular weight excluding hydrogens is 408 g/mol. The van der Waals surface area contributed by atoms with Gasteiger partial charge in [0.1, 0.15) is 17.6 Å². The molecular formula is C24H30N4O4. The number of anilines is 1. The van der Waals surface area contributed by atoms with Crippen molar-refractivity contribution in [2.45, 2.75) is 70.8 Å². The smallest absolute Gasteiger partial charge is 0.325 e. The highest BCUT2D eigenvalue weighted by molar-refractivity contribution is 6.10. The molecule has 2 N–H and O–H groups in total. The number of imide groups is 1. The second kappa shape index (κ2) is 7.32. The average molecular weight is 439 g/mol. The fourth-order valence-electron chi connectivity index (χ4n) is 5.01. The lowest BCUT2D eigenvalue weighted by Gasteiger charge is -2.40. The van der Waals surface area contributed by atoms with Crippen molar-refractivity contribution in [3.8, 4) is 0 Å². The number of rotatable bonds is 4. The number of nitrogens with zero attached hydrogens (tertiary/aromatic N) is 2. The standard InChI is InChI=1S/C24H30N4O4/c1-23(2,3)15-8-10-24(11-9-15)21(30)28(22(31)27-24)13-19(29)25-16-6-7-18-17(12-16)26-20(32-18)14-4-5-14/h6-7,12,14-15H,4-5,8-11,13H2,1-3H3,(H,25,29)(H,27,31). The molecule has 8 heteroatoms. The largest absolute Gasteiger partial charge is 0.440 e. The van der Waals surface area contributed by atoms with E-state index in [0.29, 0.717) is 41.5 Å². The molecule has 0 unspecified atom stereocenters. The molecule has 1 aromatic heterocycles. The van der Waals surface area contributed by atoms with Crippen molar-refractivity contribution in [2.24, 2.45) is 11.3 Å². The first-order chi connectivity index (χ1) is 15.1. The van der Waals surface area contributed by atoms with E-state index in [1.165, 1.54) is 0 Å². The highest BCUT2D eigenvalue weighted by Gasteiger charge is 2.53. The molecule has 0 radical (unpaired) electrons. The molecule has 1 aliphatic heterocycles. The van der Waals surface area contributed by atoms with Crippen LogP contribution >= 0.6 is 0 Å². The number of amides is 4. The van der Waals surface area contributed by atoms with Crippen LogP contribution in [0.2, 0.25) is 0 Å². The maximum atomic E-state index is 13.1. The molecule has 1 saturated heterocycles. The second-order valence-electron chi connectivity index (χ2n) is 10.6. The first-order valence-corrected chi connectivity index (χ1v) is 11.5. The van der Waals surface area contributed by atoms with Crippen LogP contribution < -0.4 is 10.6 Å². The van der Waals surface area contributed by atoms with E-state index in [-0.39, 0.29) is 17.9 Å². The molecule has 4 amide bonds. The number of aromatic nitrogens is 1. The Morgan fingerprint density at radius 1 is 1.22 bits per heavy atom. The maximum Gasteiger partial charge on any atom is 0.325 e. The van der Waals surface area contributed by atoms with Crippen molar-refractivity contribution in [1.29, 1.82) is 0 Å². The number of oxazole rings is 1. The predicted molar refractivity (Wildman–Crippen MR) is 119 cm³/mol. The normalized spacial score (nSPS) is 26.1. The number of nitrogens with one attached hydrogen (secondary N) is 2. The number of hydrogen-bond donors (Lipinski definition) is 2. The van der Waals surface area contributed by atoms with Gasteiger partial charge in [0.05, 0.1) is 0 Å². The van der Waals surface area contributed by atoms with Gasteiger partial charge in [-0.3, -0.25) is 14.5 Å². The first kappa shape index (κ1) is 21.0. The summed E-state index contributed by atoms with van der Waals surface area (Å²) in [5, 5.41) is 5.67. The summed E-state index contributed by atoms with van der Waals surface area (Å²) >= 11 is 0. The molecule has 5 rings (SSSR count).